The van der Waals surface area contributed by atoms with Crippen LogP contribution in [0.15, 0.2) is 6.20 Å². The van der Waals surface area contributed by atoms with Crippen molar-refractivity contribution < 1.29 is 4.79 Å². The molecule has 0 aromatic carbocycles. The number of amides is 1. The number of thiazole rings is 1. The van der Waals surface area contributed by atoms with Gasteiger partial charge in [-0.05, 0) is 19.3 Å². The van der Waals surface area contributed by atoms with Gasteiger partial charge in [0.1, 0.15) is 0 Å². The zero-order valence-corrected chi connectivity index (χ0v) is 11.9. The summed E-state index contributed by atoms with van der Waals surface area (Å²) < 4.78 is 0. The van der Waals surface area contributed by atoms with Crippen molar-refractivity contribution in [3.8, 4) is 0 Å². The van der Waals surface area contributed by atoms with E-state index in [1.54, 1.807) is 11.3 Å². The fourth-order valence-corrected chi connectivity index (χ4v) is 3.28. The highest BCUT2D eigenvalue weighted by molar-refractivity contribution is 7.15. The van der Waals surface area contributed by atoms with Gasteiger partial charge in [-0.3, -0.25) is 9.69 Å². The Morgan fingerprint density at radius 3 is 2.89 bits per heavy atom. The number of carbonyl (C=O) groups excluding carboxylic acids is 1. The fraction of sp³-hybridized carbons (Fsp3) is 0.692. The van der Waals surface area contributed by atoms with Crippen molar-refractivity contribution in [2.24, 2.45) is 5.92 Å². The van der Waals surface area contributed by atoms with Gasteiger partial charge in [0, 0.05) is 49.7 Å². The number of hydrogen-bond donors (Lipinski definition) is 1. The van der Waals surface area contributed by atoms with E-state index in [9.17, 15) is 4.79 Å². The molecule has 19 heavy (non-hydrogen) atoms. The van der Waals surface area contributed by atoms with Crippen molar-refractivity contribution in [3.05, 3.63) is 11.1 Å². The van der Waals surface area contributed by atoms with Gasteiger partial charge in [0.25, 0.3) is 0 Å². The average molecular weight is 280 g/mol. The summed E-state index contributed by atoms with van der Waals surface area (Å²) in [7, 11) is 0. The summed E-state index contributed by atoms with van der Waals surface area (Å²) in [6.07, 6.45) is 5.11. The van der Waals surface area contributed by atoms with Crippen molar-refractivity contribution >= 4 is 22.4 Å². The Morgan fingerprint density at radius 1 is 1.37 bits per heavy atom. The standard InChI is InChI=1S/C13H20N4OS/c14-13-15-8-11(19-13)9-16-4-1-5-17(7-6-16)12(18)10-2-3-10/h8,10H,1-7,9H2,(H2,14,15). The molecule has 1 aromatic heterocycles. The van der Waals surface area contributed by atoms with Gasteiger partial charge in [-0.25, -0.2) is 4.98 Å². The second-order valence-electron chi connectivity index (χ2n) is 5.39. The van der Waals surface area contributed by atoms with E-state index in [0.717, 1.165) is 52.0 Å². The minimum Gasteiger partial charge on any atom is -0.375 e. The van der Waals surface area contributed by atoms with Crippen LogP contribution < -0.4 is 5.73 Å². The molecule has 3 rings (SSSR count). The van der Waals surface area contributed by atoms with E-state index in [2.05, 4.69) is 14.8 Å². The molecule has 1 saturated heterocycles. The van der Waals surface area contributed by atoms with Crippen molar-refractivity contribution in [2.45, 2.75) is 25.8 Å². The molecule has 5 nitrogen and oxygen atoms in total. The van der Waals surface area contributed by atoms with Crippen LogP contribution in [0.1, 0.15) is 24.1 Å². The van der Waals surface area contributed by atoms with E-state index in [1.165, 1.54) is 4.88 Å². The number of carbonyl (C=O) groups is 1. The second kappa shape index (κ2) is 5.46. The summed E-state index contributed by atoms with van der Waals surface area (Å²) in [5.74, 6) is 0.719. The largest absolute Gasteiger partial charge is 0.375 e. The first-order valence-corrected chi connectivity index (χ1v) is 7.75. The maximum Gasteiger partial charge on any atom is 0.225 e. The van der Waals surface area contributed by atoms with Gasteiger partial charge in [-0.2, -0.15) is 0 Å². The molecule has 2 aliphatic rings. The zero-order valence-electron chi connectivity index (χ0n) is 11.0. The maximum atomic E-state index is 12.1. The summed E-state index contributed by atoms with van der Waals surface area (Å²) in [4.78, 5) is 21.8. The molecule has 1 aliphatic carbocycles. The van der Waals surface area contributed by atoms with E-state index in [0.29, 0.717) is 17.0 Å². The zero-order chi connectivity index (χ0) is 13.2. The third kappa shape index (κ3) is 3.25. The fourth-order valence-electron chi connectivity index (χ4n) is 2.55. The van der Waals surface area contributed by atoms with E-state index in [-0.39, 0.29) is 0 Å². The Kier molecular flexibility index (Phi) is 3.70. The van der Waals surface area contributed by atoms with Gasteiger partial charge in [0.15, 0.2) is 5.13 Å². The SMILES string of the molecule is Nc1ncc(CN2CCCN(C(=O)C3CC3)CC2)s1. The van der Waals surface area contributed by atoms with Crippen molar-refractivity contribution in [2.75, 3.05) is 31.9 Å². The summed E-state index contributed by atoms with van der Waals surface area (Å²) in [6.45, 7) is 4.68. The van der Waals surface area contributed by atoms with E-state index >= 15 is 0 Å². The Balaban J connectivity index is 1.53. The molecule has 0 radical (unpaired) electrons. The summed E-state index contributed by atoms with van der Waals surface area (Å²) >= 11 is 1.55. The Hall–Kier alpha value is -1.14. The molecule has 0 spiro atoms. The van der Waals surface area contributed by atoms with Gasteiger partial charge in [0.05, 0.1) is 0 Å². The molecule has 2 heterocycles. The lowest BCUT2D eigenvalue weighted by molar-refractivity contribution is -0.132. The van der Waals surface area contributed by atoms with Crippen LogP contribution in [0, 0.1) is 5.92 Å². The molecule has 1 aromatic rings. The lowest BCUT2D eigenvalue weighted by Gasteiger charge is -2.21. The molecule has 0 bridgehead atoms. The first-order chi connectivity index (χ1) is 9.22. The van der Waals surface area contributed by atoms with E-state index < -0.39 is 0 Å². The Labute approximate surface area is 117 Å². The minimum atomic E-state index is 0.341. The summed E-state index contributed by atoms with van der Waals surface area (Å²) in [5, 5.41) is 0.635. The molecule has 0 atom stereocenters. The molecule has 1 amide bonds. The lowest BCUT2D eigenvalue weighted by Crippen LogP contribution is -2.35. The van der Waals surface area contributed by atoms with Crippen molar-refractivity contribution in [3.63, 3.8) is 0 Å². The number of nitrogen functional groups attached to an aromatic ring is 1. The third-order valence-electron chi connectivity index (χ3n) is 3.78. The predicted octanol–water partition coefficient (Wildman–Crippen LogP) is 1.17. The molecular formula is C13H20N4OS. The number of rotatable bonds is 3. The van der Waals surface area contributed by atoms with Gasteiger partial charge >= 0.3 is 0 Å². The van der Waals surface area contributed by atoms with Crippen LogP contribution in [0.4, 0.5) is 5.13 Å². The molecule has 6 heteroatoms. The van der Waals surface area contributed by atoms with Gasteiger partial charge in [-0.15, -0.1) is 11.3 Å². The van der Waals surface area contributed by atoms with Crippen LogP contribution in [0.5, 0.6) is 0 Å². The Bertz CT molecular complexity index is 457. The molecule has 2 fully saturated rings. The molecular weight excluding hydrogens is 260 g/mol. The molecule has 1 saturated carbocycles. The number of nitrogens with two attached hydrogens (primary N) is 1. The topological polar surface area (TPSA) is 62.5 Å². The second-order valence-corrected chi connectivity index (χ2v) is 6.54. The summed E-state index contributed by atoms with van der Waals surface area (Å²) in [6, 6.07) is 0. The third-order valence-corrected chi connectivity index (χ3v) is 4.59. The monoisotopic (exact) mass is 280 g/mol. The summed E-state index contributed by atoms with van der Waals surface area (Å²) in [5.41, 5.74) is 5.65. The van der Waals surface area contributed by atoms with Crippen molar-refractivity contribution in [1.29, 1.82) is 0 Å². The van der Waals surface area contributed by atoms with Gasteiger partial charge in [-0.1, -0.05) is 0 Å². The predicted molar refractivity (Wildman–Crippen MR) is 75.7 cm³/mol. The van der Waals surface area contributed by atoms with E-state index in [1.807, 2.05) is 6.20 Å². The number of aromatic nitrogens is 1. The van der Waals surface area contributed by atoms with Crippen LogP contribution >= 0.6 is 11.3 Å². The van der Waals surface area contributed by atoms with Gasteiger partial charge in [0.2, 0.25) is 5.91 Å². The smallest absolute Gasteiger partial charge is 0.225 e. The highest BCUT2D eigenvalue weighted by atomic mass is 32.1. The van der Waals surface area contributed by atoms with Crippen LogP contribution in [-0.2, 0) is 11.3 Å². The van der Waals surface area contributed by atoms with Crippen LogP contribution in [0.2, 0.25) is 0 Å². The number of hydrogen-bond acceptors (Lipinski definition) is 5. The minimum absolute atomic E-state index is 0.341. The lowest BCUT2D eigenvalue weighted by atomic mass is 10.3. The maximum absolute atomic E-state index is 12.1. The first kappa shape index (κ1) is 12.9. The Morgan fingerprint density at radius 2 is 2.21 bits per heavy atom. The highest BCUT2D eigenvalue weighted by Gasteiger charge is 2.33. The van der Waals surface area contributed by atoms with Crippen LogP contribution in [0.3, 0.4) is 0 Å². The van der Waals surface area contributed by atoms with Crippen LogP contribution in [-0.4, -0.2) is 46.9 Å². The van der Waals surface area contributed by atoms with Crippen molar-refractivity contribution in [1.82, 2.24) is 14.8 Å². The average Bonchev–Trinajstić information content (AvgIpc) is 3.18. The normalized spacial score (nSPS) is 21.4. The van der Waals surface area contributed by atoms with Gasteiger partial charge < -0.3 is 10.6 Å². The number of nitrogens with zero attached hydrogens (tertiary/aromatic N) is 3. The quantitative estimate of drug-likeness (QED) is 0.903. The molecule has 2 N–H and O–H groups in total. The van der Waals surface area contributed by atoms with Crippen LogP contribution in [0.25, 0.3) is 0 Å². The molecule has 104 valence electrons. The van der Waals surface area contributed by atoms with E-state index in [4.69, 9.17) is 5.73 Å². The molecule has 0 unspecified atom stereocenters. The molecule has 1 aliphatic heterocycles. The number of anilines is 1. The highest BCUT2D eigenvalue weighted by Crippen LogP contribution is 2.31. The first-order valence-electron chi connectivity index (χ1n) is 6.93.